The van der Waals surface area contributed by atoms with Crippen LogP contribution in [0.5, 0.6) is 11.5 Å². The fraction of sp³-hybridized carbons (Fsp3) is 0.375. The molecule has 3 rings (SSSR count). The van der Waals surface area contributed by atoms with E-state index in [0.29, 0.717) is 53.3 Å². The van der Waals surface area contributed by atoms with Crippen molar-refractivity contribution in [2.24, 2.45) is 5.92 Å². The Bertz CT molecular complexity index is 987. The third-order valence-electron chi connectivity index (χ3n) is 5.54. The minimum atomic E-state index is -0.743. The Morgan fingerprint density at radius 3 is 2.21 bits per heavy atom. The van der Waals surface area contributed by atoms with Crippen LogP contribution in [0.2, 0.25) is 5.02 Å². The first kappa shape index (κ1) is 24.4. The number of hydrogen-bond acceptors (Lipinski definition) is 5. The number of carboxylic acids is 1. The van der Waals surface area contributed by atoms with Crippen LogP contribution in [0.1, 0.15) is 46.4 Å². The van der Waals surface area contributed by atoms with Gasteiger partial charge in [0.05, 0.1) is 24.7 Å². The van der Waals surface area contributed by atoms with Gasteiger partial charge in [-0.2, -0.15) is 0 Å². The van der Waals surface area contributed by atoms with E-state index < -0.39 is 5.97 Å². The van der Waals surface area contributed by atoms with Crippen LogP contribution in [0.4, 0.5) is 0 Å². The van der Waals surface area contributed by atoms with Gasteiger partial charge in [0.1, 0.15) is 11.5 Å². The summed E-state index contributed by atoms with van der Waals surface area (Å²) in [5.74, 6) is -0.576. The molecule has 9 heteroatoms. The summed E-state index contributed by atoms with van der Waals surface area (Å²) in [7, 11) is 1.47. The summed E-state index contributed by atoms with van der Waals surface area (Å²) < 4.78 is 11.1. The van der Waals surface area contributed by atoms with Crippen molar-refractivity contribution in [1.29, 1.82) is 0 Å². The summed E-state index contributed by atoms with van der Waals surface area (Å²) in [6.07, 6.45) is 2.61. The Hall–Kier alpha value is -3.26. The quantitative estimate of drug-likeness (QED) is 0.479. The molecule has 3 N–H and O–H groups in total. The van der Waals surface area contributed by atoms with E-state index in [2.05, 4.69) is 10.6 Å². The molecule has 33 heavy (non-hydrogen) atoms. The summed E-state index contributed by atoms with van der Waals surface area (Å²) in [4.78, 5) is 35.7. The maximum Gasteiger partial charge on any atom is 0.306 e. The zero-order valence-corrected chi connectivity index (χ0v) is 19.1. The van der Waals surface area contributed by atoms with Crippen molar-refractivity contribution < 1.29 is 29.0 Å². The van der Waals surface area contributed by atoms with Crippen molar-refractivity contribution in [2.75, 3.05) is 20.2 Å². The van der Waals surface area contributed by atoms with E-state index in [4.69, 9.17) is 26.2 Å². The molecule has 1 saturated carbocycles. The normalized spacial score (nSPS) is 17.6. The summed E-state index contributed by atoms with van der Waals surface area (Å²) in [5, 5.41) is 15.0. The molecular weight excluding hydrogens is 448 g/mol. The molecule has 1 aliphatic rings. The van der Waals surface area contributed by atoms with E-state index in [1.165, 1.54) is 13.2 Å². The molecular formula is C24H27ClN2O6. The number of methoxy groups -OCH3 is 1. The number of rotatable bonds is 9. The van der Waals surface area contributed by atoms with Gasteiger partial charge >= 0.3 is 5.97 Å². The summed E-state index contributed by atoms with van der Waals surface area (Å²) in [6, 6.07) is 11.6. The smallest absolute Gasteiger partial charge is 0.306 e. The number of carboxylic acid groups (broad SMARTS) is 1. The van der Waals surface area contributed by atoms with Crippen LogP contribution < -0.4 is 20.1 Å². The number of amides is 2. The number of carbonyl (C=O) groups excluding carboxylic acids is 2. The number of ether oxygens (including phenoxy) is 2. The van der Waals surface area contributed by atoms with Gasteiger partial charge in [-0.25, -0.2) is 0 Å². The lowest BCUT2D eigenvalue weighted by Gasteiger charge is -2.26. The third kappa shape index (κ3) is 6.86. The molecule has 0 aliphatic heterocycles. The Balaban J connectivity index is 1.41. The monoisotopic (exact) mass is 474 g/mol. The van der Waals surface area contributed by atoms with Crippen LogP contribution in [0.25, 0.3) is 0 Å². The Kier molecular flexibility index (Phi) is 8.54. The van der Waals surface area contributed by atoms with Gasteiger partial charge in [-0.15, -0.1) is 0 Å². The first-order valence-corrected chi connectivity index (χ1v) is 11.1. The predicted octanol–water partition coefficient (Wildman–Crippen LogP) is 3.53. The molecule has 176 valence electrons. The number of hydrogen-bond donors (Lipinski definition) is 3. The van der Waals surface area contributed by atoms with Crippen LogP contribution in [-0.2, 0) is 4.79 Å². The Morgan fingerprint density at radius 2 is 1.61 bits per heavy atom. The van der Waals surface area contributed by atoms with Crippen molar-refractivity contribution >= 4 is 29.4 Å². The molecule has 2 aromatic carbocycles. The zero-order chi connectivity index (χ0) is 23.8. The van der Waals surface area contributed by atoms with Gasteiger partial charge in [0, 0.05) is 23.7 Å². The van der Waals surface area contributed by atoms with E-state index in [1.54, 1.807) is 36.4 Å². The number of benzene rings is 2. The highest BCUT2D eigenvalue weighted by Crippen LogP contribution is 2.28. The van der Waals surface area contributed by atoms with Gasteiger partial charge in [-0.1, -0.05) is 11.6 Å². The number of nitrogens with one attached hydrogen (secondary N) is 2. The second-order valence-corrected chi connectivity index (χ2v) is 8.25. The molecule has 2 aromatic rings. The summed E-state index contributed by atoms with van der Waals surface area (Å²) >= 11 is 5.95. The van der Waals surface area contributed by atoms with Gasteiger partial charge in [0.25, 0.3) is 11.8 Å². The molecule has 0 spiro atoms. The zero-order valence-electron chi connectivity index (χ0n) is 18.3. The van der Waals surface area contributed by atoms with Gasteiger partial charge in [0.15, 0.2) is 0 Å². The Labute approximate surface area is 197 Å². The molecule has 2 amide bonds. The number of halogens is 1. The van der Waals surface area contributed by atoms with Crippen LogP contribution in [0.15, 0.2) is 42.5 Å². The van der Waals surface area contributed by atoms with Crippen LogP contribution in [0.3, 0.4) is 0 Å². The van der Waals surface area contributed by atoms with Crippen molar-refractivity contribution in [1.82, 2.24) is 10.6 Å². The first-order valence-electron chi connectivity index (χ1n) is 10.8. The standard InChI is InChI=1S/C24H27ClN2O6/c1-32-21-11-6-17(25)14-20(21)23(29)27-13-12-26-22(28)15-2-7-18(8-3-15)33-19-9-4-16(5-10-19)24(30)31/h2-3,6-8,11,14,16,19H,4-5,9-10,12-13H2,1H3,(H,26,28)(H,27,29)(H,30,31)/t16-,19+. The van der Waals surface area contributed by atoms with Crippen LogP contribution >= 0.6 is 11.6 Å². The van der Waals surface area contributed by atoms with Gasteiger partial charge in [-0.3, -0.25) is 14.4 Å². The molecule has 0 heterocycles. The van der Waals surface area contributed by atoms with Gasteiger partial charge in [0.2, 0.25) is 0 Å². The van der Waals surface area contributed by atoms with Crippen molar-refractivity contribution in [3.63, 3.8) is 0 Å². The van der Waals surface area contributed by atoms with E-state index in [-0.39, 0.29) is 36.9 Å². The largest absolute Gasteiger partial charge is 0.496 e. The van der Waals surface area contributed by atoms with Crippen molar-refractivity contribution in [3.05, 3.63) is 58.6 Å². The summed E-state index contributed by atoms with van der Waals surface area (Å²) in [5.41, 5.74) is 0.795. The minimum Gasteiger partial charge on any atom is -0.496 e. The van der Waals surface area contributed by atoms with E-state index >= 15 is 0 Å². The number of aliphatic carboxylic acids is 1. The fourth-order valence-corrected chi connectivity index (χ4v) is 3.88. The first-order chi connectivity index (χ1) is 15.9. The molecule has 0 unspecified atom stereocenters. The second kappa shape index (κ2) is 11.6. The SMILES string of the molecule is COc1ccc(Cl)cc1C(=O)NCCNC(=O)c1ccc(O[C@H]2CC[C@@H](C(=O)O)CC2)cc1. The number of carbonyl (C=O) groups is 3. The van der Waals surface area contributed by atoms with E-state index in [0.717, 1.165) is 0 Å². The highest BCUT2D eigenvalue weighted by atomic mass is 35.5. The maximum atomic E-state index is 12.3. The van der Waals surface area contributed by atoms with Crippen LogP contribution in [-0.4, -0.2) is 49.2 Å². The van der Waals surface area contributed by atoms with E-state index in [1.807, 2.05) is 0 Å². The molecule has 0 bridgehead atoms. The molecule has 0 saturated heterocycles. The average molecular weight is 475 g/mol. The Morgan fingerprint density at radius 1 is 0.970 bits per heavy atom. The highest BCUT2D eigenvalue weighted by molar-refractivity contribution is 6.31. The molecule has 0 atom stereocenters. The lowest BCUT2D eigenvalue weighted by Crippen LogP contribution is -2.34. The molecule has 1 aliphatic carbocycles. The fourth-order valence-electron chi connectivity index (χ4n) is 3.71. The molecule has 1 fully saturated rings. The maximum absolute atomic E-state index is 12.3. The van der Waals surface area contributed by atoms with Crippen LogP contribution in [0, 0.1) is 5.92 Å². The van der Waals surface area contributed by atoms with Crippen molar-refractivity contribution in [3.8, 4) is 11.5 Å². The molecule has 0 aromatic heterocycles. The average Bonchev–Trinajstić information content (AvgIpc) is 2.82. The van der Waals surface area contributed by atoms with Crippen molar-refractivity contribution in [2.45, 2.75) is 31.8 Å². The third-order valence-corrected chi connectivity index (χ3v) is 5.78. The topological polar surface area (TPSA) is 114 Å². The second-order valence-electron chi connectivity index (χ2n) is 7.81. The van der Waals surface area contributed by atoms with Gasteiger partial charge < -0.3 is 25.2 Å². The minimum absolute atomic E-state index is 0.0120. The lowest BCUT2D eigenvalue weighted by molar-refractivity contribution is -0.143. The lowest BCUT2D eigenvalue weighted by atomic mass is 9.87. The molecule has 8 nitrogen and oxygen atoms in total. The van der Waals surface area contributed by atoms with Gasteiger partial charge in [-0.05, 0) is 68.1 Å². The summed E-state index contributed by atoms with van der Waals surface area (Å²) in [6.45, 7) is 0.485. The molecule has 0 radical (unpaired) electrons. The predicted molar refractivity (Wildman–Crippen MR) is 123 cm³/mol. The highest BCUT2D eigenvalue weighted by Gasteiger charge is 2.26. The van der Waals surface area contributed by atoms with E-state index in [9.17, 15) is 14.4 Å².